The molecule has 100 valence electrons. The Morgan fingerprint density at radius 1 is 1.50 bits per heavy atom. The lowest BCUT2D eigenvalue weighted by Crippen LogP contribution is -2.48. The average Bonchev–Trinajstić information content (AvgIpc) is 2.73. The van der Waals surface area contributed by atoms with Crippen LogP contribution in [0.3, 0.4) is 0 Å². The lowest BCUT2D eigenvalue weighted by molar-refractivity contribution is -0.0277. The van der Waals surface area contributed by atoms with Crippen LogP contribution >= 0.6 is 11.3 Å². The van der Waals surface area contributed by atoms with E-state index in [9.17, 15) is 5.11 Å². The Hall–Kier alpha value is -0.650. The molecule has 0 amide bonds. The molecule has 2 heterocycles. The molecule has 0 aromatic carbocycles. The molecule has 1 fully saturated rings. The first-order valence-corrected chi connectivity index (χ1v) is 7.43. The van der Waals surface area contributed by atoms with Gasteiger partial charge in [-0.15, -0.1) is 0 Å². The van der Waals surface area contributed by atoms with Crippen LogP contribution in [0.2, 0.25) is 0 Å². The predicted molar refractivity (Wildman–Crippen MR) is 72.3 cm³/mol. The summed E-state index contributed by atoms with van der Waals surface area (Å²) in [4.78, 5) is 8.09. The van der Waals surface area contributed by atoms with E-state index in [1.165, 1.54) is 0 Å². The number of fused-ring (bicyclic) bond motifs is 1. The van der Waals surface area contributed by atoms with Crippen molar-refractivity contribution in [2.75, 3.05) is 24.6 Å². The van der Waals surface area contributed by atoms with Crippen molar-refractivity contribution in [3.05, 3.63) is 10.6 Å². The molecule has 1 aromatic rings. The van der Waals surface area contributed by atoms with Gasteiger partial charge in [-0.2, -0.15) is 0 Å². The van der Waals surface area contributed by atoms with E-state index in [1.54, 1.807) is 11.3 Å². The number of thiazole rings is 1. The average molecular weight is 268 g/mol. The topological polar surface area (TPSA) is 45.6 Å². The fourth-order valence-electron chi connectivity index (χ4n) is 2.70. The normalized spacial score (nSPS) is 27.1. The Morgan fingerprint density at radius 2 is 2.33 bits per heavy atom. The van der Waals surface area contributed by atoms with Gasteiger partial charge in [0, 0.05) is 13.1 Å². The summed E-state index contributed by atoms with van der Waals surface area (Å²) < 4.78 is 5.73. The molecule has 1 aliphatic heterocycles. The zero-order chi connectivity index (χ0) is 12.8. The second-order valence-electron chi connectivity index (χ2n) is 5.75. The molecule has 1 atom stereocenters. The first-order chi connectivity index (χ1) is 8.55. The molecule has 5 heteroatoms. The molecule has 2 aliphatic rings. The third-order valence-corrected chi connectivity index (χ3v) is 4.87. The fourth-order valence-corrected chi connectivity index (χ4v) is 3.86. The number of nitrogens with zero attached hydrogens (tertiary/aromatic N) is 2. The predicted octanol–water partition coefficient (Wildman–Crippen LogP) is 2.13. The summed E-state index contributed by atoms with van der Waals surface area (Å²) in [5, 5.41) is 11.1. The zero-order valence-corrected chi connectivity index (χ0v) is 11.8. The van der Waals surface area contributed by atoms with Crippen molar-refractivity contribution in [2.45, 2.75) is 44.8 Å². The molecule has 0 saturated carbocycles. The number of hydrogen-bond donors (Lipinski definition) is 1. The SMILES string of the molecule is CC1(C)CN(c2nc3c(s2)C(O)CCC3)CCO1. The van der Waals surface area contributed by atoms with E-state index in [-0.39, 0.29) is 11.7 Å². The molecule has 4 nitrogen and oxygen atoms in total. The van der Waals surface area contributed by atoms with Gasteiger partial charge in [-0.05, 0) is 33.1 Å². The number of aryl methyl sites for hydroxylation is 1. The highest BCUT2D eigenvalue weighted by Gasteiger charge is 2.31. The van der Waals surface area contributed by atoms with Gasteiger partial charge in [-0.25, -0.2) is 4.98 Å². The Balaban J connectivity index is 1.84. The monoisotopic (exact) mass is 268 g/mol. The van der Waals surface area contributed by atoms with Crippen LogP contribution in [0.1, 0.15) is 43.4 Å². The summed E-state index contributed by atoms with van der Waals surface area (Å²) in [6, 6.07) is 0. The number of aliphatic hydroxyl groups excluding tert-OH is 1. The van der Waals surface area contributed by atoms with E-state index in [0.29, 0.717) is 0 Å². The highest BCUT2D eigenvalue weighted by molar-refractivity contribution is 7.15. The van der Waals surface area contributed by atoms with Gasteiger partial charge in [0.05, 0.1) is 28.9 Å². The summed E-state index contributed by atoms with van der Waals surface area (Å²) in [7, 11) is 0. The number of aliphatic hydroxyl groups is 1. The van der Waals surface area contributed by atoms with Gasteiger partial charge in [-0.1, -0.05) is 11.3 Å². The second kappa shape index (κ2) is 4.47. The molecule has 0 spiro atoms. The standard InChI is InChI=1S/C13H20N2O2S/c1-13(2)8-15(6-7-17-13)12-14-9-4-3-5-10(16)11(9)18-12/h10,16H,3-8H2,1-2H3. The van der Waals surface area contributed by atoms with E-state index >= 15 is 0 Å². The summed E-state index contributed by atoms with van der Waals surface area (Å²) in [5.41, 5.74) is 1.00. The fraction of sp³-hybridized carbons (Fsp3) is 0.769. The summed E-state index contributed by atoms with van der Waals surface area (Å²) in [6.07, 6.45) is 2.64. The van der Waals surface area contributed by atoms with Crippen molar-refractivity contribution >= 4 is 16.5 Å². The largest absolute Gasteiger partial charge is 0.388 e. The first-order valence-electron chi connectivity index (χ1n) is 6.62. The Kier molecular flexibility index (Phi) is 3.08. The number of anilines is 1. The van der Waals surface area contributed by atoms with E-state index < -0.39 is 0 Å². The van der Waals surface area contributed by atoms with Crippen LogP contribution in [0.25, 0.3) is 0 Å². The van der Waals surface area contributed by atoms with Crippen molar-refractivity contribution < 1.29 is 9.84 Å². The van der Waals surface area contributed by atoms with Gasteiger partial charge in [0.15, 0.2) is 5.13 Å². The molecule has 1 saturated heterocycles. The quantitative estimate of drug-likeness (QED) is 0.847. The minimum absolute atomic E-state index is 0.108. The lowest BCUT2D eigenvalue weighted by atomic mass is 10.0. The van der Waals surface area contributed by atoms with Gasteiger partial charge in [0.25, 0.3) is 0 Å². The Bertz CT molecular complexity index is 444. The van der Waals surface area contributed by atoms with E-state index in [0.717, 1.165) is 54.7 Å². The smallest absolute Gasteiger partial charge is 0.186 e. The van der Waals surface area contributed by atoms with Crippen LogP contribution in [0.5, 0.6) is 0 Å². The third-order valence-electron chi connectivity index (χ3n) is 3.61. The molecule has 3 rings (SSSR count). The van der Waals surface area contributed by atoms with E-state index in [1.807, 2.05) is 0 Å². The van der Waals surface area contributed by atoms with Crippen molar-refractivity contribution in [3.8, 4) is 0 Å². The highest BCUT2D eigenvalue weighted by atomic mass is 32.1. The van der Waals surface area contributed by atoms with Crippen LogP contribution in [0.4, 0.5) is 5.13 Å². The van der Waals surface area contributed by atoms with Gasteiger partial charge in [0.2, 0.25) is 0 Å². The van der Waals surface area contributed by atoms with Gasteiger partial charge in [0.1, 0.15) is 0 Å². The number of ether oxygens (including phenoxy) is 1. The minimum Gasteiger partial charge on any atom is -0.388 e. The van der Waals surface area contributed by atoms with Crippen molar-refractivity contribution in [3.63, 3.8) is 0 Å². The van der Waals surface area contributed by atoms with Gasteiger partial charge >= 0.3 is 0 Å². The van der Waals surface area contributed by atoms with Gasteiger partial charge < -0.3 is 14.7 Å². The summed E-state index contributed by atoms with van der Waals surface area (Å²) in [5.74, 6) is 0. The van der Waals surface area contributed by atoms with Crippen molar-refractivity contribution in [1.29, 1.82) is 0 Å². The number of morpholine rings is 1. The number of rotatable bonds is 1. The van der Waals surface area contributed by atoms with E-state index in [2.05, 4.69) is 18.7 Å². The van der Waals surface area contributed by atoms with Crippen LogP contribution in [0, 0.1) is 0 Å². The highest BCUT2D eigenvalue weighted by Crippen LogP contribution is 2.38. The maximum atomic E-state index is 10.0. The zero-order valence-electron chi connectivity index (χ0n) is 11.0. The maximum absolute atomic E-state index is 10.0. The van der Waals surface area contributed by atoms with Crippen molar-refractivity contribution in [1.82, 2.24) is 4.98 Å². The molecular formula is C13H20N2O2S. The molecule has 0 bridgehead atoms. The first kappa shape index (κ1) is 12.4. The summed E-state index contributed by atoms with van der Waals surface area (Å²) in [6.45, 7) is 6.74. The molecule has 1 aliphatic carbocycles. The van der Waals surface area contributed by atoms with Crippen LogP contribution < -0.4 is 4.90 Å². The summed E-state index contributed by atoms with van der Waals surface area (Å²) >= 11 is 1.66. The molecule has 1 unspecified atom stereocenters. The van der Waals surface area contributed by atoms with Crippen LogP contribution in [-0.2, 0) is 11.2 Å². The van der Waals surface area contributed by atoms with Crippen LogP contribution in [0.15, 0.2) is 0 Å². The number of aromatic nitrogens is 1. The molecule has 1 N–H and O–H groups in total. The molecular weight excluding hydrogens is 248 g/mol. The maximum Gasteiger partial charge on any atom is 0.186 e. The lowest BCUT2D eigenvalue weighted by Gasteiger charge is -2.38. The van der Waals surface area contributed by atoms with Crippen LogP contribution in [-0.4, -0.2) is 35.4 Å². The van der Waals surface area contributed by atoms with E-state index in [4.69, 9.17) is 9.72 Å². The number of hydrogen-bond acceptors (Lipinski definition) is 5. The molecule has 18 heavy (non-hydrogen) atoms. The molecule has 0 radical (unpaired) electrons. The van der Waals surface area contributed by atoms with Gasteiger partial charge in [-0.3, -0.25) is 0 Å². The molecule has 1 aromatic heterocycles. The van der Waals surface area contributed by atoms with Crippen molar-refractivity contribution in [2.24, 2.45) is 0 Å². The Morgan fingerprint density at radius 3 is 3.06 bits per heavy atom. The third kappa shape index (κ3) is 2.27. The Labute approximate surface area is 112 Å². The second-order valence-corrected chi connectivity index (χ2v) is 6.75. The minimum atomic E-state index is -0.297.